The molecule has 0 saturated carbocycles. The number of hydrogen-bond acceptors (Lipinski definition) is 4. The third kappa shape index (κ3) is 2.20. The molecule has 2 N–H and O–H groups in total. The van der Waals surface area contributed by atoms with Gasteiger partial charge in [-0.15, -0.1) is 0 Å². The number of carboxylic acid groups (broad SMARTS) is 1. The van der Waals surface area contributed by atoms with Crippen LogP contribution in [-0.2, 0) is 10.2 Å². The van der Waals surface area contributed by atoms with E-state index in [0.717, 1.165) is 0 Å². The van der Waals surface area contributed by atoms with Crippen molar-refractivity contribution < 1.29 is 19.5 Å². The van der Waals surface area contributed by atoms with Gasteiger partial charge in [-0.3, -0.25) is 4.79 Å². The number of phenolic OH excluding ortho intramolecular Hbond substituents is 1. The molecule has 94 valence electrons. The quantitative estimate of drug-likeness (QED) is 0.864. The number of aromatic nitrogens is 1. The second-order valence-electron chi connectivity index (χ2n) is 4.34. The molecule has 2 rings (SSSR count). The van der Waals surface area contributed by atoms with Crippen LogP contribution < -0.4 is 0 Å². The van der Waals surface area contributed by atoms with E-state index in [1.165, 1.54) is 18.4 Å². The van der Waals surface area contributed by atoms with E-state index in [2.05, 4.69) is 5.16 Å². The molecular formula is C13H13NO4. The van der Waals surface area contributed by atoms with Crippen LogP contribution in [0.15, 0.2) is 41.1 Å². The number of nitrogens with zero attached hydrogens (tertiary/aromatic N) is 1. The van der Waals surface area contributed by atoms with Gasteiger partial charge in [0.25, 0.3) is 0 Å². The fourth-order valence-electron chi connectivity index (χ4n) is 1.99. The molecule has 2 aromatic rings. The molecule has 0 spiro atoms. The van der Waals surface area contributed by atoms with E-state index >= 15 is 0 Å². The van der Waals surface area contributed by atoms with E-state index in [0.29, 0.717) is 11.3 Å². The van der Waals surface area contributed by atoms with Crippen LogP contribution in [0.1, 0.15) is 24.6 Å². The molecule has 0 aliphatic heterocycles. The summed E-state index contributed by atoms with van der Waals surface area (Å²) in [6.07, 6.45) is 1.27. The summed E-state index contributed by atoms with van der Waals surface area (Å²) in [5.74, 6) is -0.851. The zero-order valence-corrected chi connectivity index (χ0v) is 9.83. The first kappa shape index (κ1) is 12.2. The van der Waals surface area contributed by atoms with Crippen LogP contribution in [0.5, 0.6) is 5.75 Å². The third-order valence-corrected chi connectivity index (χ3v) is 2.99. The largest absolute Gasteiger partial charge is 0.508 e. The normalized spacial score (nSPS) is 14.1. The fraction of sp³-hybridized carbons (Fsp3) is 0.231. The van der Waals surface area contributed by atoms with Crippen molar-refractivity contribution in [3.05, 3.63) is 47.9 Å². The van der Waals surface area contributed by atoms with Crippen molar-refractivity contribution in [1.29, 1.82) is 0 Å². The Bertz CT molecular complexity index is 550. The number of aliphatic carboxylic acids is 1. The van der Waals surface area contributed by atoms with Gasteiger partial charge in [0, 0.05) is 11.5 Å². The predicted molar refractivity (Wildman–Crippen MR) is 63.3 cm³/mol. The fourth-order valence-corrected chi connectivity index (χ4v) is 1.99. The first-order chi connectivity index (χ1) is 8.52. The van der Waals surface area contributed by atoms with Gasteiger partial charge >= 0.3 is 5.97 Å². The van der Waals surface area contributed by atoms with Crippen molar-refractivity contribution >= 4 is 5.97 Å². The lowest BCUT2D eigenvalue weighted by Gasteiger charge is -2.26. The van der Waals surface area contributed by atoms with E-state index in [4.69, 9.17) is 9.63 Å². The van der Waals surface area contributed by atoms with E-state index in [-0.39, 0.29) is 12.2 Å². The van der Waals surface area contributed by atoms with Gasteiger partial charge < -0.3 is 14.7 Å². The summed E-state index contributed by atoms with van der Waals surface area (Å²) in [7, 11) is 0. The van der Waals surface area contributed by atoms with Gasteiger partial charge in [0.1, 0.15) is 12.0 Å². The van der Waals surface area contributed by atoms with E-state index in [9.17, 15) is 9.90 Å². The highest BCUT2D eigenvalue weighted by Gasteiger charge is 2.34. The number of carboxylic acids is 1. The Morgan fingerprint density at radius 2 is 2.22 bits per heavy atom. The molecule has 18 heavy (non-hydrogen) atoms. The Balaban J connectivity index is 2.52. The van der Waals surface area contributed by atoms with Crippen LogP contribution >= 0.6 is 0 Å². The average Bonchev–Trinajstić information content (AvgIpc) is 2.81. The summed E-state index contributed by atoms with van der Waals surface area (Å²) in [5.41, 5.74) is 0.367. The Labute approximate surface area is 104 Å². The number of benzene rings is 1. The number of rotatable bonds is 4. The highest BCUT2D eigenvalue weighted by atomic mass is 16.5. The second-order valence-corrected chi connectivity index (χ2v) is 4.34. The molecule has 0 aliphatic rings. The molecule has 5 nitrogen and oxygen atoms in total. The van der Waals surface area contributed by atoms with Gasteiger partial charge in [0.15, 0.2) is 0 Å². The smallest absolute Gasteiger partial charge is 0.304 e. The van der Waals surface area contributed by atoms with Gasteiger partial charge in [0.2, 0.25) is 0 Å². The molecule has 0 amide bonds. The minimum atomic E-state index is -0.941. The Kier molecular flexibility index (Phi) is 3.06. The van der Waals surface area contributed by atoms with Crippen LogP contribution in [0.3, 0.4) is 0 Å². The van der Waals surface area contributed by atoms with Gasteiger partial charge in [0.05, 0.1) is 12.1 Å². The monoisotopic (exact) mass is 247 g/mol. The third-order valence-electron chi connectivity index (χ3n) is 2.99. The summed E-state index contributed by atoms with van der Waals surface area (Å²) < 4.78 is 4.79. The number of phenols is 1. The lowest BCUT2D eigenvalue weighted by Crippen LogP contribution is -2.27. The van der Waals surface area contributed by atoms with Gasteiger partial charge in [-0.25, -0.2) is 0 Å². The summed E-state index contributed by atoms with van der Waals surface area (Å²) in [5, 5.41) is 22.4. The maximum Gasteiger partial charge on any atom is 0.304 e. The molecule has 5 heteroatoms. The van der Waals surface area contributed by atoms with Gasteiger partial charge in [-0.05, 0) is 24.6 Å². The molecule has 1 heterocycles. The summed E-state index contributed by atoms with van der Waals surface area (Å²) in [4.78, 5) is 11.0. The van der Waals surface area contributed by atoms with Crippen LogP contribution in [0.25, 0.3) is 0 Å². The molecule has 1 atom stereocenters. The Morgan fingerprint density at radius 3 is 2.78 bits per heavy atom. The lowest BCUT2D eigenvalue weighted by atomic mass is 9.76. The van der Waals surface area contributed by atoms with Crippen molar-refractivity contribution in [2.24, 2.45) is 0 Å². The molecule has 0 bridgehead atoms. The topological polar surface area (TPSA) is 83.6 Å². The number of hydrogen-bond donors (Lipinski definition) is 2. The highest BCUT2D eigenvalue weighted by Crippen LogP contribution is 2.35. The number of aromatic hydroxyl groups is 1. The van der Waals surface area contributed by atoms with Crippen LogP contribution in [-0.4, -0.2) is 21.3 Å². The predicted octanol–water partition coefficient (Wildman–Crippen LogP) is 2.16. The van der Waals surface area contributed by atoms with E-state index < -0.39 is 11.4 Å². The highest BCUT2D eigenvalue weighted by molar-refractivity contribution is 5.70. The molecule has 0 radical (unpaired) electrons. The van der Waals surface area contributed by atoms with Crippen molar-refractivity contribution in [2.75, 3.05) is 0 Å². The van der Waals surface area contributed by atoms with Crippen molar-refractivity contribution in [2.45, 2.75) is 18.8 Å². The van der Waals surface area contributed by atoms with Crippen molar-refractivity contribution in [3.8, 4) is 5.75 Å². The summed E-state index contributed by atoms with van der Waals surface area (Å²) >= 11 is 0. The zero-order chi connectivity index (χ0) is 13.2. The minimum absolute atomic E-state index is 0.0904. The van der Waals surface area contributed by atoms with E-state index in [1.54, 1.807) is 25.1 Å². The Morgan fingerprint density at radius 1 is 1.44 bits per heavy atom. The van der Waals surface area contributed by atoms with Gasteiger partial charge in [-0.1, -0.05) is 17.3 Å². The molecule has 0 unspecified atom stereocenters. The lowest BCUT2D eigenvalue weighted by molar-refractivity contribution is -0.138. The van der Waals surface area contributed by atoms with E-state index in [1.807, 2.05) is 0 Å². The van der Waals surface area contributed by atoms with Crippen molar-refractivity contribution in [3.63, 3.8) is 0 Å². The molecule has 0 saturated heterocycles. The van der Waals surface area contributed by atoms with Crippen LogP contribution in [0, 0.1) is 0 Å². The maximum atomic E-state index is 11.0. The molecule has 1 aromatic carbocycles. The Hall–Kier alpha value is -2.30. The SMILES string of the molecule is C[C@@](CC(=O)O)(c1cccc(O)c1)c1ccon1. The number of carbonyl (C=O) groups is 1. The van der Waals surface area contributed by atoms with Gasteiger partial charge in [-0.2, -0.15) is 0 Å². The standard InChI is InChI=1S/C13H13NO4/c1-13(8-12(16)17,11-5-6-18-14-11)9-3-2-4-10(15)7-9/h2-7,15H,8H2,1H3,(H,16,17)/t13-/m1/s1. The molecule has 1 aromatic heterocycles. The molecular weight excluding hydrogens is 234 g/mol. The molecule has 0 aliphatic carbocycles. The van der Waals surface area contributed by atoms with Crippen LogP contribution in [0.4, 0.5) is 0 Å². The first-order valence-corrected chi connectivity index (χ1v) is 5.44. The second kappa shape index (κ2) is 4.52. The summed E-state index contributed by atoms with van der Waals surface area (Å²) in [6.45, 7) is 1.76. The minimum Gasteiger partial charge on any atom is -0.508 e. The maximum absolute atomic E-state index is 11.0. The zero-order valence-electron chi connectivity index (χ0n) is 9.83. The van der Waals surface area contributed by atoms with Crippen molar-refractivity contribution in [1.82, 2.24) is 5.16 Å². The average molecular weight is 247 g/mol. The first-order valence-electron chi connectivity index (χ1n) is 5.44. The summed E-state index contributed by atoms with van der Waals surface area (Å²) in [6, 6.07) is 8.14. The molecule has 0 fully saturated rings. The van der Waals surface area contributed by atoms with Crippen LogP contribution in [0.2, 0.25) is 0 Å².